The number of nitro benzene ring substituents is 1. The van der Waals surface area contributed by atoms with E-state index >= 15 is 0 Å². The Labute approximate surface area is 121 Å². The quantitative estimate of drug-likeness (QED) is 0.598. The molecular formula is C13H17FN2O3S. The van der Waals surface area contributed by atoms with Crippen molar-refractivity contribution in [2.75, 3.05) is 19.1 Å². The third kappa shape index (κ3) is 3.93. The highest BCUT2D eigenvalue weighted by Crippen LogP contribution is 2.20. The molecule has 0 saturated heterocycles. The van der Waals surface area contributed by atoms with Crippen molar-refractivity contribution in [2.24, 2.45) is 0 Å². The number of carbonyl (C=O) groups is 1. The Morgan fingerprint density at radius 3 is 2.75 bits per heavy atom. The molecule has 0 N–H and O–H groups in total. The highest BCUT2D eigenvalue weighted by molar-refractivity contribution is 7.98. The fraction of sp³-hybridized carbons (Fsp3) is 0.462. The van der Waals surface area contributed by atoms with Gasteiger partial charge in [0.05, 0.1) is 4.92 Å². The largest absolute Gasteiger partial charge is 0.339 e. The molecule has 0 spiro atoms. The van der Waals surface area contributed by atoms with Gasteiger partial charge in [-0.3, -0.25) is 14.9 Å². The molecule has 1 unspecified atom stereocenters. The number of amides is 1. The second-order valence-electron chi connectivity index (χ2n) is 4.47. The molecule has 0 fully saturated rings. The topological polar surface area (TPSA) is 63.5 Å². The number of rotatable bonds is 6. The van der Waals surface area contributed by atoms with Gasteiger partial charge >= 0.3 is 5.69 Å². The number of thioether (sulfide) groups is 1. The summed E-state index contributed by atoms with van der Waals surface area (Å²) in [5.74, 6) is -0.367. The lowest BCUT2D eigenvalue weighted by atomic mass is 10.1. The molecule has 0 heterocycles. The fourth-order valence-corrected chi connectivity index (χ4v) is 2.25. The summed E-state index contributed by atoms with van der Waals surface area (Å²) in [5, 5.41) is 10.7. The molecule has 1 aromatic carbocycles. The maximum Gasteiger partial charge on any atom is 0.305 e. The van der Waals surface area contributed by atoms with Crippen molar-refractivity contribution in [2.45, 2.75) is 19.4 Å². The molecule has 110 valence electrons. The zero-order chi connectivity index (χ0) is 15.3. The van der Waals surface area contributed by atoms with E-state index in [9.17, 15) is 19.3 Å². The monoisotopic (exact) mass is 300 g/mol. The van der Waals surface area contributed by atoms with Crippen LogP contribution in [-0.2, 0) is 0 Å². The Bertz CT molecular complexity index is 510. The molecule has 1 amide bonds. The number of benzene rings is 1. The average molecular weight is 300 g/mol. The van der Waals surface area contributed by atoms with Crippen molar-refractivity contribution in [1.29, 1.82) is 0 Å². The number of hydrogen-bond acceptors (Lipinski definition) is 4. The van der Waals surface area contributed by atoms with Crippen LogP contribution in [0.4, 0.5) is 10.1 Å². The normalized spacial score (nSPS) is 12.0. The van der Waals surface area contributed by atoms with E-state index in [1.165, 1.54) is 11.0 Å². The molecule has 0 saturated carbocycles. The van der Waals surface area contributed by atoms with Gasteiger partial charge in [-0.1, -0.05) is 0 Å². The fourth-order valence-electron chi connectivity index (χ4n) is 1.67. The number of hydrogen-bond donors (Lipinski definition) is 0. The zero-order valence-electron chi connectivity index (χ0n) is 11.6. The molecule has 1 aromatic rings. The van der Waals surface area contributed by atoms with Crippen LogP contribution in [0.15, 0.2) is 18.2 Å². The molecule has 20 heavy (non-hydrogen) atoms. The Morgan fingerprint density at radius 2 is 2.20 bits per heavy atom. The Balaban J connectivity index is 2.91. The van der Waals surface area contributed by atoms with Gasteiger partial charge in [-0.05, 0) is 37.5 Å². The third-order valence-corrected chi connectivity index (χ3v) is 3.75. The van der Waals surface area contributed by atoms with Crippen molar-refractivity contribution >= 4 is 23.4 Å². The van der Waals surface area contributed by atoms with Crippen LogP contribution in [-0.4, -0.2) is 40.8 Å². The van der Waals surface area contributed by atoms with Crippen molar-refractivity contribution in [3.8, 4) is 0 Å². The smallest absolute Gasteiger partial charge is 0.305 e. The summed E-state index contributed by atoms with van der Waals surface area (Å²) in [7, 11) is 1.64. The van der Waals surface area contributed by atoms with Gasteiger partial charge in [0.2, 0.25) is 5.82 Å². The standard InChI is InChI=1S/C13H17FN2O3S/c1-9(6-7-20-3)15(2)13(17)10-4-5-11(14)12(8-10)16(18)19/h4-5,8-9H,6-7H2,1-3H3. The zero-order valence-corrected chi connectivity index (χ0v) is 12.4. The van der Waals surface area contributed by atoms with Crippen LogP contribution in [0.25, 0.3) is 0 Å². The van der Waals surface area contributed by atoms with Crippen LogP contribution in [0.5, 0.6) is 0 Å². The molecule has 0 aliphatic carbocycles. The summed E-state index contributed by atoms with van der Waals surface area (Å²) >= 11 is 1.69. The summed E-state index contributed by atoms with van der Waals surface area (Å²) in [6.45, 7) is 1.91. The SMILES string of the molecule is CSCCC(C)N(C)C(=O)c1ccc(F)c([N+](=O)[O-])c1. The summed E-state index contributed by atoms with van der Waals surface area (Å²) in [5.41, 5.74) is -0.558. The van der Waals surface area contributed by atoms with E-state index in [-0.39, 0.29) is 17.5 Å². The van der Waals surface area contributed by atoms with Crippen molar-refractivity contribution in [1.82, 2.24) is 4.90 Å². The molecule has 7 heteroatoms. The molecule has 0 aliphatic heterocycles. The number of nitrogens with zero attached hydrogens (tertiary/aromatic N) is 2. The van der Waals surface area contributed by atoms with Crippen LogP contribution in [0.3, 0.4) is 0 Å². The van der Waals surface area contributed by atoms with Gasteiger partial charge in [0.25, 0.3) is 5.91 Å². The lowest BCUT2D eigenvalue weighted by Gasteiger charge is -2.24. The van der Waals surface area contributed by atoms with Crippen LogP contribution >= 0.6 is 11.8 Å². The maximum atomic E-state index is 13.2. The van der Waals surface area contributed by atoms with Gasteiger partial charge in [-0.2, -0.15) is 16.2 Å². The summed E-state index contributed by atoms with van der Waals surface area (Å²) in [6, 6.07) is 3.21. The molecule has 1 rings (SSSR count). The molecule has 0 aromatic heterocycles. The van der Waals surface area contributed by atoms with E-state index < -0.39 is 16.4 Å². The van der Waals surface area contributed by atoms with E-state index in [4.69, 9.17) is 0 Å². The lowest BCUT2D eigenvalue weighted by molar-refractivity contribution is -0.387. The number of nitro groups is 1. The third-order valence-electron chi connectivity index (χ3n) is 3.11. The van der Waals surface area contributed by atoms with Crippen molar-refractivity contribution in [3.05, 3.63) is 39.7 Å². The van der Waals surface area contributed by atoms with Crippen molar-refractivity contribution < 1.29 is 14.1 Å². The molecule has 0 bridgehead atoms. The van der Waals surface area contributed by atoms with E-state index in [0.29, 0.717) is 0 Å². The first-order chi connectivity index (χ1) is 9.38. The Morgan fingerprint density at radius 1 is 1.55 bits per heavy atom. The molecular weight excluding hydrogens is 283 g/mol. The van der Waals surface area contributed by atoms with Gasteiger partial charge in [-0.15, -0.1) is 0 Å². The molecule has 1 atom stereocenters. The van der Waals surface area contributed by atoms with Crippen LogP contribution in [0, 0.1) is 15.9 Å². The van der Waals surface area contributed by atoms with Crippen LogP contribution in [0.1, 0.15) is 23.7 Å². The van der Waals surface area contributed by atoms with Crippen LogP contribution < -0.4 is 0 Å². The second kappa shape index (κ2) is 7.23. The van der Waals surface area contributed by atoms with E-state index in [2.05, 4.69) is 0 Å². The van der Waals surface area contributed by atoms with E-state index in [1.807, 2.05) is 13.2 Å². The molecule has 5 nitrogen and oxygen atoms in total. The number of halogens is 1. The minimum Gasteiger partial charge on any atom is -0.339 e. The summed E-state index contributed by atoms with van der Waals surface area (Å²) in [6.07, 6.45) is 2.81. The first-order valence-electron chi connectivity index (χ1n) is 6.08. The second-order valence-corrected chi connectivity index (χ2v) is 5.46. The van der Waals surface area contributed by atoms with E-state index in [0.717, 1.165) is 24.3 Å². The lowest BCUT2D eigenvalue weighted by Crippen LogP contribution is -2.35. The van der Waals surface area contributed by atoms with Gasteiger partial charge in [0.15, 0.2) is 0 Å². The molecule has 0 radical (unpaired) electrons. The molecule has 0 aliphatic rings. The summed E-state index contributed by atoms with van der Waals surface area (Å²) in [4.78, 5) is 23.6. The van der Waals surface area contributed by atoms with Crippen molar-refractivity contribution in [3.63, 3.8) is 0 Å². The van der Waals surface area contributed by atoms with Gasteiger partial charge in [0.1, 0.15) is 0 Å². The van der Waals surface area contributed by atoms with Gasteiger partial charge in [-0.25, -0.2) is 0 Å². The highest BCUT2D eigenvalue weighted by Gasteiger charge is 2.21. The Hall–Kier alpha value is -1.63. The van der Waals surface area contributed by atoms with Gasteiger partial charge < -0.3 is 4.90 Å². The first-order valence-corrected chi connectivity index (χ1v) is 7.48. The van der Waals surface area contributed by atoms with Crippen LogP contribution in [0.2, 0.25) is 0 Å². The predicted octanol–water partition coefficient (Wildman–Crippen LogP) is 2.95. The highest BCUT2D eigenvalue weighted by atomic mass is 32.2. The average Bonchev–Trinajstić information content (AvgIpc) is 2.43. The minimum atomic E-state index is -0.940. The number of carbonyl (C=O) groups excluding carboxylic acids is 1. The summed E-state index contributed by atoms with van der Waals surface area (Å²) < 4.78 is 13.2. The maximum absolute atomic E-state index is 13.2. The minimum absolute atomic E-state index is 0.0130. The van der Waals surface area contributed by atoms with E-state index in [1.54, 1.807) is 18.8 Å². The van der Waals surface area contributed by atoms with Gasteiger partial charge in [0, 0.05) is 24.7 Å². The first kappa shape index (κ1) is 16.4. The Kier molecular flexibility index (Phi) is 5.94. The predicted molar refractivity (Wildman–Crippen MR) is 77.6 cm³/mol.